The van der Waals surface area contributed by atoms with Crippen LogP contribution in [0.25, 0.3) is 22.4 Å². The van der Waals surface area contributed by atoms with E-state index >= 15 is 0 Å². The summed E-state index contributed by atoms with van der Waals surface area (Å²) >= 11 is 0. The van der Waals surface area contributed by atoms with Gasteiger partial charge < -0.3 is 14.1 Å². The van der Waals surface area contributed by atoms with Crippen LogP contribution in [0.4, 0.5) is 0 Å². The number of aromatic nitrogens is 3. The Hall–Kier alpha value is -2.14. The zero-order chi connectivity index (χ0) is 13.4. The first-order valence-corrected chi connectivity index (χ1v) is 6.17. The van der Waals surface area contributed by atoms with Crippen LogP contribution in [0.5, 0.6) is 0 Å². The summed E-state index contributed by atoms with van der Waals surface area (Å²) in [6, 6.07) is 5.92. The third kappa shape index (κ3) is 1.92. The molecule has 0 spiro atoms. The topological polar surface area (TPSA) is 64.1 Å². The molecule has 98 valence electrons. The van der Waals surface area contributed by atoms with E-state index < -0.39 is 0 Å². The first-order valence-electron chi connectivity index (χ1n) is 6.17. The summed E-state index contributed by atoms with van der Waals surface area (Å²) < 4.78 is 7.35. The largest absolute Gasteiger partial charge is 0.443 e. The molecule has 3 rings (SSSR count). The fraction of sp³-hybridized carbons (Fsp3) is 0.286. The normalized spacial score (nSPS) is 11.3. The van der Waals surface area contributed by atoms with Crippen molar-refractivity contribution in [1.82, 2.24) is 14.5 Å². The molecule has 5 nitrogen and oxygen atoms in total. The fourth-order valence-corrected chi connectivity index (χ4v) is 2.42. The molecule has 2 heterocycles. The van der Waals surface area contributed by atoms with Crippen LogP contribution in [-0.4, -0.2) is 26.2 Å². The van der Waals surface area contributed by atoms with Gasteiger partial charge in [-0.25, -0.2) is 9.97 Å². The number of benzene rings is 1. The molecule has 0 unspecified atom stereocenters. The molecule has 3 aromatic rings. The van der Waals surface area contributed by atoms with Crippen LogP contribution in [0.15, 0.2) is 29.0 Å². The molecular formula is C14H15N3O2. The zero-order valence-corrected chi connectivity index (χ0v) is 10.9. The molecule has 0 aliphatic carbocycles. The van der Waals surface area contributed by atoms with Crippen LogP contribution in [0.3, 0.4) is 0 Å². The third-order valence-corrected chi connectivity index (χ3v) is 3.30. The Kier molecular flexibility index (Phi) is 2.83. The summed E-state index contributed by atoms with van der Waals surface area (Å²) in [5, 5.41) is 9.05. The van der Waals surface area contributed by atoms with Crippen molar-refractivity contribution in [3.63, 3.8) is 0 Å². The highest BCUT2D eigenvalue weighted by Gasteiger charge is 2.14. The molecule has 0 aliphatic rings. The van der Waals surface area contributed by atoms with Crippen LogP contribution in [0.1, 0.15) is 11.5 Å². The molecule has 1 aromatic carbocycles. The van der Waals surface area contributed by atoms with Gasteiger partial charge in [-0.2, -0.15) is 0 Å². The summed E-state index contributed by atoms with van der Waals surface area (Å²) in [4.78, 5) is 8.61. The Balaban J connectivity index is 2.14. The number of rotatable bonds is 3. The van der Waals surface area contributed by atoms with Gasteiger partial charge in [0.05, 0.1) is 18.0 Å². The number of aryl methyl sites for hydroxylation is 1. The number of oxazole rings is 1. The average Bonchev–Trinajstić information content (AvgIpc) is 2.95. The molecule has 19 heavy (non-hydrogen) atoms. The van der Waals surface area contributed by atoms with Gasteiger partial charge in [-0.05, 0) is 19.1 Å². The minimum Gasteiger partial charge on any atom is -0.443 e. The van der Waals surface area contributed by atoms with Gasteiger partial charge in [0.2, 0.25) is 0 Å². The summed E-state index contributed by atoms with van der Waals surface area (Å²) in [6.45, 7) is 2.08. The first kappa shape index (κ1) is 11.9. The quantitative estimate of drug-likeness (QED) is 0.780. The van der Waals surface area contributed by atoms with Crippen molar-refractivity contribution in [1.29, 1.82) is 0 Å². The van der Waals surface area contributed by atoms with E-state index in [2.05, 4.69) is 9.97 Å². The number of imidazole rings is 1. The second kappa shape index (κ2) is 4.51. The van der Waals surface area contributed by atoms with E-state index in [1.165, 1.54) is 6.39 Å². The number of hydrogen-bond acceptors (Lipinski definition) is 4. The van der Waals surface area contributed by atoms with Crippen molar-refractivity contribution in [3.8, 4) is 11.3 Å². The van der Waals surface area contributed by atoms with Crippen molar-refractivity contribution >= 4 is 11.1 Å². The van der Waals surface area contributed by atoms with E-state index in [9.17, 15) is 0 Å². The number of hydrogen-bond donors (Lipinski definition) is 1. The van der Waals surface area contributed by atoms with Crippen LogP contribution in [-0.2, 0) is 13.5 Å². The SMILES string of the molecule is Cc1nc(CCO)n(C)c1-c1ccc2ncoc2c1. The van der Waals surface area contributed by atoms with Gasteiger partial charge in [0.25, 0.3) is 0 Å². The third-order valence-electron chi connectivity index (χ3n) is 3.30. The molecule has 5 heteroatoms. The number of aliphatic hydroxyl groups is 1. The predicted octanol–water partition coefficient (Wildman–Crippen LogP) is 2.07. The maximum atomic E-state index is 9.05. The van der Waals surface area contributed by atoms with Gasteiger partial charge in [-0.15, -0.1) is 0 Å². The van der Waals surface area contributed by atoms with Crippen LogP contribution in [0.2, 0.25) is 0 Å². The zero-order valence-electron chi connectivity index (χ0n) is 10.9. The number of nitrogens with zero attached hydrogens (tertiary/aromatic N) is 3. The van der Waals surface area contributed by atoms with Gasteiger partial charge in [0.15, 0.2) is 12.0 Å². The lowest BCUT2D eigenvalue weighted by Crippen LogP contribution is -2.02. The van der Waals surface area contributed by atoms with Gasteiger partial charge in [0.1, 0.15) is 11.3 Å². The molecular weight excluding hydrogens is 242 g/mol. The highest BCUT2D eigenvalue weighted by molar-refractivity contribution is 5.79. The van der Waals surface area contributed by atoms with Crippen molar-refractivity contribution in [2.24, 2.45) is 7.05 Å². The molecule has 1 N–H and O–H groups in total. The Morgan fingerprint density at radius 1 is 1.37 bits per heavy atom. The van der Waals surface area contributed by atoms with Gasteiger partial charge in [0, 0.05) is 19.0 Å². The van der Waals surface area contributed by atoms with Crippen molar-refractivity contribution in [2.75, 3.05) is 6.61 Å². The molecule has 2 aromatic heterocycles. The maximum Gasteiger partial charge on any atom is 0.181 e. The Labute approximate surface area is 110 Å². The first-order chi connectivity index (χ1) is 9.20. The summed E-state index contributed by atoms with van der Waals surface area (Å²) in [5.41, 5.74) is 4.65. The Morgan fingerprint density at radius 3 is 3.00 bits per heavy atom. The van der Waals surface area contributed by atoms with Crippen LogP contribution in [0, 0.1) is 6.92 Å². The van der Waals surface area contributed by atoms with Crippen LogP contribution >= 0.6 is 0 Å². The van der Waals surface area contributed by atoms with Crippen LogP contribution < -0.4 is 0 Å². The van der Waals surface area contributed by atoms with Crippen molar-refractivity contribution < 1.29 is 9.52 Å². The highest BCUT2D eigenvalue weighted by Crippen LogP contribution is 2.27. The molecule has 0 amide bonds. The van der Waals surface area contributed by atoms with Gasteiger partial charge in [-0.3, -0.25) is 0 Å². The molecule has 0 aliphatic heterocycles. The highest BCUT2D eigenvalue weighted by atomic mass is 16.3. The van der Waals surface area contributed by atoms with E-state index in [0.29, 0.717) is 6.42 Å². The van der Waals surface area contributed by atoms with E-state index in [4.69, 9.17) is 9.52 Å². The molecule has 0 saturated heterocycles. The fourth-order valence-electron chi connectivity index (χ4n) is 2.42. The maximum absolute atomic E-state index is 9.05. The van der Waals surface area contributed by atoms with Crippen molar-refractivity contribution in [2.45, 2.75) is 13.3 Å². The number of aliphatic hydroxyl groups excluding tert-OH is 1. The lowest BCUT2D eigenvalue weighted by atomic mass is 10.1. The van der Waals surface area contributed by atoms with Crippen molar-refractivity contribution in [3.05, 3.63) is 36.1 Å². The lowest BCUT2D eigenvalue weighted by molar-refractivity contribution is 0.295. The lowest BCUT2D eigenvalue weighted by Gasteiger charge is -2.06. The summed E-state index contributed by atoms with van der Waals surface area (Å²) in [7, 11) is 1.96. The molecule has 0 atom stereocenters. The molecule has 0 fully saturated rings. The average molecular weight is 257 g/mol. The van der Waals surface area contributed by atoms with E-state index in [1.807, 2.05) is 36.7 Å². The Morgan fingerprint density at radius 2 is 2.21 bits per heavy atom. The predicted molar refractivity (Wildman–Crippen MR) is 71.7 cm³/mol. The van der Waals surface area contributed by atoms with E-state index in [0.717, 1.165) is 33.9 Å². The number of fused-ring (bicyclic) bond motifs is 1. The van der Waals surface area contributed by atoms with E-state index in [-0.39, 0.29) is 6.61 Å². The molecule has 0 saturated carbocycles. The minimum atomic E-state index is 0.102. The smallest absolute Gasteiger partial charge is 0.181 e. The second-order valence-electron chi connectivity index (χ2n) is 4.53. The second-order valence-corrected chi connectivity index (χ2v) is 4.53. The standard InChI is InChI=1S/C14H15N3O2/c1-9-14(17(2)13(16-9)5-6-18)10-3-4-11-12(7-10)19-8-15-11/h3-4,7-8,18H,5-6H2,1-2H3. The van der Waals surface area contributed by atoms with Gasteiger partial charge >= 0.3 is 0 Å². The minimum absolute atomic E-state index is 0.102. The summed E-state index contributed by atoms with van der Waals surface area (Å²) in [5.74, 6) is 0.882. The molecule has 0 radical (unpaired) electrons. The monoisotopic (exact) mass is 257 g/mol. The molecule has 0 bridgehead atoms. The Bertz CT molecular complexity index is 727. The van der Waals surface area contributed by atoms with Gasteiger partial charge in [-0.1, -0.05) is 6.07 Å². The summed E-state index contributed by atoms with van der Waals surface area (Å²) in [6.07, 6.45) is 2.00. The van der Waals surface area contributed by atoms with E-state index in [1.54, 1.807) is 0 Å².